The molecule has 0 saturated heterocycles. The van der Waals surface area contributed by atoms with Crippen molar-refractivity contribution in [1.82, 2.24) is 5.32 Å². The Kier molecular flexibility index (Phi) is 5.64. The van der Waals surface area contributed by atoms with Gasteiger partial charge in [0.2, 0.25) is 0 Å². The summed E-state index contributed by atoms with van der Waals surface area (Å²) in [5.74, 6) is 0.0131. The van der Waals surface area contributed by atoms with Gasteiger partial charge < -0.3 is 24.6 Å². The number of hydrogen-bond donors (Lipinski definition) is 2. The van der Waals surface area contributed by atoms with Crippen LogP contribution in [0.25, 0.3) is 0 Å². The Morgan fingerprint density at radius 2 is 2.24 bits per heavy atom. The molecule has 118 valence electrons. The molecular formula is C15H23NO5. The topological polar surface area (TPSA) is 77.0 Å². The molecule has 6 heteroatoms. The number of aliphatic carboxylic acids is 1. The SMILES string of the molecule is COCCCOC1C=C(C(=O)O)NC2C(OC)=CCCC12. The molecule has 3 atom stereocenters. The largest absolute Gasteiger partial charge is 0.499 e. The van der Waals surface area contributed by atoms with E-state index in [9.17, 15) is 9.90 Å². The Labute approximate surface area is 124 Å². The first-order valence-corrected chi connectivity index (χ1v) is 7.23. The Hall–Kier alpha value is -1.53. The third-order valence-corrected chi connectivity index (χ3v) is 3.91. The molecule has 21 heavy (non-hydrogen) atoms. The molecule has 0 aromatic heterocycles. The van der Waals surface area contributed by atoms with Crippen molar-refractivity contribution in [3.63, 3.8) is 0 Å². The van der Waals surface area contributed by atoms with E-state index in [0.29, 0.717) is 13.2 Å². The summed E-state index contributed by atoms with van der Waals surface area (Å²) in [4.78, 5) is 11.3. The van der Waals surface area contributed by atoms with Crippen LogP contribution in [0.2, 0.25) is 0 Å². The van der Waals surface area contributed by atoms with Crippen molar-refractivity contribution in [2.24, 2.45) is 5.92 Å². The van der Waals surface area contributed by atoms with Gasteiger partial charge >= 0.3 is 5.97 Å². The molecule has 0 amide bonds. The van der Waals surface area contributed by atoms with E-state index >= 15 is 0 Å². The highest BCUT2D eigenvalue weighted by atomic mass is 16.5. The third kappa shape index (κ3) is 3.77. The second kappa shape index (κ2) is 7.47. The molecule has 0 aromatic rings. The van der Waals surface area contributed by atoms with E-state index in [0.717, 1.165) is 25.0 Å². The first-order chi connectivity index (χ1) is 10.2. The van der Waals surface area contributed by atoms with Gasteiger partial charge in [0, 0.05) is 26.2 Å². The van der Waals surface area contributed by atoms with Gasteiger partial charge in [0.25, 0.3) is 0 Å². The summed E-state index contributed by atoms with van der Waals surface area (Å²) in [6.45, 7) is 1.19. The molecule has 2 aliphatic rings. The van der Waals surface area contributed by atoms with E-state index in [2.05, 4.69) is 5.32 Å². The van der Waals surface area contributed by atoms with Crippen LogP contribution in [0.5, 0.6) is 0 Å². The predicted molar refractivity (Wildman–Crippen MR) is 76.7 cm³/mol. The van der Waals surface area contributed by atoms with E-state index in [1.807, 2.05) is 6.08 Å². The number of carboxylic acid groups (broad SMARTS) is 1. The first-order valence-electron chi connectivity index (χ1n) is 7.23. The van der Waals surface area contributed by atoms with E-state index < -0.39 is 5.97 Å². The highest BCUT2D eigenvalue weighted by Crippen LogP contribution is 2.33. The third-order valence-electron chi connectivity index (χ3n) is 3.91. The standard InChI is InChI=1S/C15H23NO5/c1-19-7-4-8-21-13-9-11(15(17)18)16-14-10(13)5-3-6-12(14)20-2/h6,9-10,13-14,16H,3-5,7-8H2,1-2H3,(H,17,18). The molecule has 3 unspecified atom stereocenters. The van der Waals surface area contributed by atoms with Gasteiger partial charge in [-0.1, -0.05) is 0 Å². The zero-order chi connectivity index (χ0) is 15.2. The van der Waals surface area contributed by atoms with Crippen LogP contribution in [0.3, 0.4) is 0 Å². The molecule has 2 rings (SSSR count). The van der Waals surface area contributed by atoms with Gasteiger partial charge in [0.05, 0.1) is 19.3 Å². The van der Waals surface area contributed by atoms with Gasteiger partial charge in [-0.05, 0) is 31.4 Å². The maximum absolute atomic E-state index is 11.3. The van der Waals surface area contributed by atoms with Crippen LogP contribution in [0.1, 0.15) is 19.3 Å². The van der Waals surface area contributed by atoms with Crippen molar-refractivity contribution in [2.45, 2.75) is 31.4 Å². The second-order valence-electron chi connectivity index (χ2n) is 5.24. The average molecular weight is 297 g/mol. The zero-order valence-corrected chi connectivity index (χ0v) is 12.5. The summed E-state index contributed by atoms with van der Waals surface area (Å²) in [5, 5.41) is 12.3. The predicted octanol–water partition coefficient (Wildman–Crippen LogP) is 1.29. The maximum Gasteiger partial charge on any atom is 0.351 e. The minimum absolute atomic E-state index is 0.132. The van der Waals surface area contributed by atoms with Crippen molar-refractivity contribution >= 4 is 5.97 Å². The van der Waals surface area contributed by atoms with Gasteiger partial charge in [-0.2, -0.15) is 0 Å². The van der Waals surface area contributed by atoms with Crippen LogP contribution >= 0.6 is 0 Å². The molecule has 0 fully saturated rings. The van der Waals surface area contributed by atoms with Crippen molar-refractivity contribution in [3.05, 3.63) is 23.6 Å². The van der Waals surface area contributed by atoms with E-state index in [4.69, 9.17) is 14.2 Å². The minimum atomic E-state index is -0.972. The monoisotopic (exact) mass is 297 g/mol. The number of fused-ring (bicyclic) bond motifs is 1. The normalized spacial score (nSPS) is 28.0. The van der Waals surface area contributed by atoms with E-state index in [1.165, 1.54) is 0 Å². The van der Waals surface area contributed by atoms with Crippen molar-refractivity contribution in [1.29, 1.82) is 0 Å². The number of allylic oxidation sites excluding steroid dienone is 1. The van der Waals surface area contributed by atoms with Crippen molar-refractivity contribution < 1.29 is 24.1 Å². The molecule has 0 bridgehead atoms. The van der Waals surface area contributed by atoms with Crippen molar-refractivity contribution in [3.8, 4) is 0 Å². The molecule has 1 aliphatic heterocycles. The maximum atomic E-state index is 11.3. The highest BCUT2D eigenvalue weighted by molar-refractivity contribution is 5.86. The Bertz CT molecular complexity index is 432. The molecule has 6 nitrogen and oxygen atoms in total. The Morgan fingerprint density at radius 3 is 2.90 bits per heavy atom. The first kappa shape index (κ1) is 15.9. The smallest absolute Gasteiger partial charge is 0.351 e. The van der Waals surface area contributed by atoms with Crippen LogP contribution in [0.15, 0.2) is 23.6 Å². The Morgan fingerprint density at radius 1 is 1.43 bits per heavy atom. The summed E-state index contributed by atoms with van der Waals surface area (Å²) in [6, 6.07) is -0.132. The molecule has 1 aliphatic carbocycles. The molecule has 1 heterocycles. The van der Waals surface area contributed by atoms with Gasteiger partial charge in [-0.15, -0.1) is 0 Å². The lowest BCUT2D eigenvalue weighted by Crippen LogP contribution is -2.50. The Balaban J connectivity index is 2.10. The van der Waals surface area contributed by atoms with Crippen LogP contribution in [-0.2, 0) is 19.0 Å². The van der Waals surface area contributed by atoms with Crippen LogP contribution in [0.4, 0.5) is 0 Å². The van der Waals surface area contributed by atoms with Gasteiger partial charge in [0.1, 0.15) is 11.5 Å². The second-order valence-corrected chi connectivity index (χ2v) is 5.24. The molecule has 0 spiro atoms. The molecule has 0 radical (unpaired) electrons. The van der Waals surface area contributed by atoms with Gasteiger partial charge in [-0.25, -0.2) is 4.79 Å². The lowest BCUT2D eigenvalue weighted by atomic mass is 9.81. The number of nitrogens with one attached hydrogen (secondary N) is 1. The number of methoxy groups -OCH3 is 2. The van der Waals surface area contributed by atoms with Crippen LogP contribution in [-0.4, -0.2) is 50.7 Å². The summed E-state index contributed by atoms with van der Waals surface area (Å²) >= 11 is 0. The fraction of sp³-hybridized carbons (Fsp3) is 0.667. The number of hydrogen-bond acceptors (Lipinski definition) is 5. The molecule has 0 aromatic carbocycles. The number of carbonyl (C=O) groups is 1. The van der Waals surface area contributed by atoms with E-state index in [1.54, 1.807) is 20.3 Å². The van der Waals surface area contributed by atoms with Gasteiger partial charge in [-0.3, -0.25) is 0 Å². The van der Waals surface area contributed by atoms with Crippen LogP contribution in [0, 0.1) is 5.92 Å². The molecule has 2 N–H and O–H groups in total. The fourth-order valence-corrected chi connectivity index (χ4v) is 2.90. The summed E-state index contributed by atoms with van der Waals surface area (Å²) < 4.78 is 16.3. The van der Waals surface area contributed by atoms with Crippen LogP contribution < -0.4 is 5.32 Å². The summed E-state index contributed by atoms with van der Waals surface area (Å²) in [6.07, 6.45) is 6.14. The van der Waals surface area contributed by atoms with Gasteiger partial charge in [0.15, 0.2) is 0 Å². The summed E-state index contributed by atoms with van der Waals surface area (Å²) in [5.41, 5.74) is 0.179. The average Bonchev–Trinajstić information content (AvgIpc) is 2.50. The highest BCUT2D eigenvalue weighted by Gasteiger charge is 2.39. The number of rotatable bonds is 7. The summed E-state index contributed by atoms with van der Waals surface area (Å²) in [7, 11) is 3.27. The molecular weight excluding hydrogens is 274 g/mol. The molecule has 0 saturated carbocycles. The lowest BCUT2D eigenvalue weighted by Gasteiger charge is -2.40. The van der Waals surface area contributed by atoms with E-state index in [-0.39, 0.29) is 23.8 Å². The number of carboxylic acids is 1. The lowest BCUT2D eigenvalue weighted by molar-refractivity contribution is -0.133. The quantitative estimate of drug-likeness (QED) is 0.690. The number of ether oxygens (including phenoxy) is 3. The zero-order valence-electron chi connectivity index (χ0n) is 12.5. The fourth-order valence-electron chi connectivity index (χ4n) is 2.90. The minimum Gasteiger partial charge on any atom is -0.499 e. The van der Waals surface area contributed by atoms with Crippen molar-refractivity contribution in [2.75, 3.05) is 27.4 Å².